The first-order valence-electron chi connectivity index (χ1n) is 12.7. The number of likely N-dealkylation sites (tertiary alicyclic amines) is 2. The van der Waals surface area contributed by atoms with Crippen molar-refractivity contribution in [1.29, 1.82) is 0 Å². The molecule has 0 aliphatic carbocycles. The third kappa shape index (κ3) is 7.61. The molecule has 0 spiro atoms. The smallest absolute Gasteiger partial charge is 0.225 e. The molecule has 2 saturated heterocycles. The average molecular weight is 518 g/mol. The third-order valence-corrected chi connectivity index (χ3v) is 7.11. The molecule has 1 aromatic carbocycles. The van der Waals surface area contributed by atoms with Crippen LogP contribution in [-0.4, -0.2) is 78.7 Å². The Labute approximate surface area is 217 Å². The van der Waals surface area contributed by atoms with Crippen LogP contribution in [0.1, 0.15) is 32.1 Å². The summed E-state index contributed by atoms with van der Waals surface area (Å²) in [6, 6.07) is 7.12. The number of amides is 1. The molecular weight excluding hydrogens is 482 g/mol. The Bertz CT molecular complexity index is 1000. The molecule has 2 aliphatic rings. The molecule has 1 unspecified atom stereocenters. The molecule has 9 nitrogen and oxygen atoms in total. The molecule has 4 rings (SSSR count). The fourth-order valence-corrected chi connectivity index (χ4v) is 5.03. The maximum absolute atomic E-state index is 12.9. The number of nitrogen functional groups attached to an aromatic ring is 1. The van der Waals surface area contributed by atoms with Gasteiger partial charge in [-0.15, -0.1) is 0 Å². The molecule has 1 atom stereocenters. The van der Waals surface area contributed by atoms with Gasteiger partial charge in [-0.05, 0) is 67.8 Å². The van der Waals surface area contributed by atoms with Gasteiger partial charge in [-0.1, -0.05) is 0 Å². The molecule has 2 aromatic rings. The van der Waals surface area contributed by atoms with E-state index >= 15 is 0 Å². The molecule has 0 saturated carbocycles. The second-order valence-electron chi connectivity index (χ2n) is 9.57. The van der Waals surface area contributed by atoms with E-state index in [4.69, 9.17) is 31.5 Å². The minimum absolute atomic E-state index is 0.185. The number of rotatable bonds is 11. The first-order valence-corrected chi connectivity index (χ1v) is 13.1. The standard InChI is InChI=1S/C26H36ClN5O4/c1-34-22-4-3-21(28)16-23(22)35-14-2-10-31-11-6-20(17-31)15-25(33)32-12-7-19(8-13-32)18-36-24-5-9-29-26(27)30-24/h3-5,9,16,19-20H,2,6-8,10-15,17-18,28H2,1H3. The monoisotopic (exact) mass is 517 g/mol. The van der Waals surface area contributed by atoms with E-state index in [2.05, 4.69) is 14.9 Å². The lowest BCUT2D eigenvalue weighted by molar-refractivity contribution is -0.133. The molecule has 0 bridgehead atoms. The highest BCUT2D eigenvalue weighted by molar-refractivity contribution is 6.28. The Morgan fingerprint density at radius 1 is 1.11 bits per heavy atom. The minimum Gasteiger partial charge on any atom is -0.493 e. The largest absolute Gasteiger partial charge is 0.493 e. The molecule has 196 valence electrons. The van der Waals surface area contributed by atoms with Crippen LogP contribution in [0.4, 0.5) is 5.69 Å². The molecule has 1 amide bonds. The summed E-state index contributed by atoms with van der Waals surface area (Å²) in [4.78, 5) is 25.3. The number of benzene rings is 1. The van der Waals surface area contributed by atoms with Crippen molar-refractivity contribution in [2.45, 2.75) is 32.1 Å². The molecule has 0 radical (unpaired) electrons. The molecule has 10 heteroatoms. The van der Waals surface area contributed by atoms with Gasteiger partial charge in [0, 0.05) is 56.6 Å². The lowest BCUT2D eigenvalue weighted by Gasteiger charge is -2.32. The van der Waals surface area contributed by atoms with Gasteiger partial charge in [-0.2, -0.15) is 4.98 Å². The quantitative estimate of drug-likeness (QED) is 0.274. The van der Waals surface area contributed by atoms with Gasteiger partial charge in [0.1, 0.15) is 0 Å². The molecule has 3 heterocycles. The van der Waals surface area contributed by atoms with Crippen molar-refractivity contribution in [1.82, 2.24) is 19.8 Å². The summed E-state index contributed by atoms with van der Waals surface area (Å²) in [5, 5.41) is 0.185. The number of nitrogens with two attached hydrogens (primary N) is 1. The normalized spacial score (nSPS) is 18.8. The van der Waals surface area contributed by atoms with Gasteiger partial charge in [-0.3, -0.25) is 4.79 Å². The third-order valence-electron chi connectivity index (χ3n) is 6.93. The first kappa shape index (κ1) is 26.3. The highest BCUT2D eigenvalue weighted by Gasteiger charge is 2.28. The van der Waals surface area contributed by atoms with Crippen molar-refractivity contribution in [3.05, 3.63) is 35.7 Å². The number of nitrogens with zero attached hydrogens (tertiary/aromatic N) is 4. The van der Waals surface area contributed by atoms with Crippen molar-refractivity contribution in [3.8, 4) is 17.4 Å². The number of carbonyl (C=O) groups is 1. The first-order chi connectivity index (χ1) is 17.5. The lowest BCUT2D eigenvalue weighted by atomic mass is 9.96. The van der Waals surface area contributed by atoms with Crippen LogP contribution < -0.4 is 19.9 Å². The number of ether oxygens (including phenoxy) is 3. The molecule has 2 fully saturated rings. The number of hydrogen-bond acceptors (Lipinski definition) is 8. The number of aromatic nitrogens is 2. The Morgan fingerprint density at radius 2 is 1.92 bits per heavy atom. The van der Waals surface area contributed by atoms with Gasteiger partial charge in [0.05, 0.1) is 20.3 Å². The van der Waals surface area contributed by atoms with E-state index in [0.29, 0.717) is 54.5 Å². The summed E-state index contributed by atoms with van der Waals surface area (Å²) in [5.41, 5.74) is 6.51. The molecular formula is C26H36ClN5O4. The summed E-state index contributed by atoms with van der Waals surface area (Å²) < 4.78 is 17.0. The Hall–Kier alpha value is -2.78. The molecule has 2 N–H and O–H groups in total. The lowest BCUT2D eigenvalue weighted by Crippen LogP contribution is -2.40. The van der Waals surface area contributed by atoms with E-state index in [1.807, 2.05) is 11.0 Å². The number of methoxy groups -OCH3 is 1. The van der Waals surface area contributed by atoms with Gasteiger partial charge in [-0.25, -0.2) is 4.98 Å². The molecule has 36 heavy (non-hydrogen) atoms. The van der Waals surface area contributed by atoms with E-state index in [1.54, 1.807) is 31.5 Å². The van der Waals surface area contributed by atoms with Gasteiger partial charge in [0.2, 0.25) is 17.1 Å². The van der Waals surface area contributed by atoms with E-state index in [9.17, 15) is 4.79 Å². The number of carbonyl (C=O) groups excluding carboxylic acids is 1. The minimum atomic E-state index is 0.185. The highest BCUT2D eigenvalue weighted by Crippen LogP contribution is 2.29. The fourth-order valence-electron chi connectivity index (χ4n) is 4.89. The van der Waals surface area contributed by atoms with Crippen LogP contribution in [0.2, 0.25) is 5.28 Å². The number of piperidine rings is 1. The van der Waals surface area contributed by atoms with Crippen molar-refractivity contribution in [2.24, 2.45) is 11.8 Å². The summed E-state index contributed by atoms with van der Waals surface area (Å²) in [7, 11) is 1.62. The van der Waals surface area contributed by atoms with E-state index in [-0.39, 0.29) is 11.2 Å². The van der Waals surface area contributed by atoms with E-state index in [1.165, 1.54) is 0 Å². The van der Waals surface area contributed by atoms with Crippen LogP contribution in [-0.2, 0) is 4.79 Å². The topological polar surface area (TPSA) is 103 Å². The fraction of sp³-hybridized carbons (Fsp3) is 0.577. The zero-order chi connectivity index (χ0) is 25.3. The second kappa shape index (κ2) is 13.0. The second-order valence-corrected chi connectivity index (χ2v) is 9.91. The maximum atomic E-state index is 12.9. The van der Waals surface area contributed by atoms with Crippen molar-refractivity contribution in [3.63, 3.8) is 0 Å². The van der Waals surface area contributed by atoms with Gasteiger partial charge < -0.3 is 29.7 Å². The van der Waals surface area contributed by atoms with E-state index < -0.39 is 0 Å². The van der Waals surface area contributed by atoms with Crippen LogP contribution in [0.5, 0.6) is 17.4 Å². The van der Waals surface area contributed by atoms with Crippen molar-refractivity contribution in [2.75, 3.05) is 58.8 Å². The SMILES string of the molecule is COc1ccc(N)cc1OCCCN1CCC(CC(=O)N2CCC(COc3ccnc(Cl)n3)CC2)C1. The predicted molar refractivity (Wildman–Crippen MR) is 139 cm³/mol. The van der Waals surface area contributed by atoms with Crippen LogP contribution >= 0.6 is 11.6 Å². The van der Waals surface area contributed by atoms with Gasteiger partial charge in [0.25, 0.3) is 0 Å². The maximum Gasteiger partial charge on any atom is 0.225 e. The Balaban J connectivity index is 1.10. The van der Waals surface area contributed by atoms with Gasteiger partial charge >= 0.3 is 0 Å². The number of anilines is 1. The summed E-state index contributed by atoms with van der Waals surface area (Å²) in [5.74, 6) is 2.99. The predicted octanol–water partition coefficient (Wildman–Crippen LogP) is 3.52. The summed E-state index contributed by atoms with van der Waals surface area (Å²) >= 11 is 5.81. The molecule has 2 aliphatic heterocycles. The van der Waals surface area contributed by atoms with Crippen LogP contribution in [0.15, 0.2) is 30.5 Å². The van der Waals surface area contributed by atoms with Gasteiger partial charge in [0.15, 0.2) is 11.5 Å². The highest BCUT2D eigenvalue weighted by atomic mass is 35.5. The van der Waals surface area contributed by atoms with Crippen LogP contribution in [0, 0.1) is 11.8 Å². The van der Waals surface area contributed by atoms with Crippen LogP contribution in [0.25, 0.3) is 0 Å². The molecule has 1 aromatic heterocycles. The van der Waals surface area contributed by atoms with Crippen LogP contribution in [0.3, 0.4) is 0 Å². The number of hydrogen-bond donors (Lipinski definition) is 1. The van der Waals surface area contributed by atoms with Crippen molar-refractivity contribution >= 4 is 23.2 Å². The average Bonchev–Trinajstić information content (AvgIpc) is 3.33. The summed E-state index contributed by atoms with van der Waals surface area (Å²) in [6.07, 6.45) is 6.09. The summed E-state index contributed by atoms with van der Waals surface area (Å²) in [6.45, 7) is 5.73. The zero-order valence-electron chi connectivity index (χ0n) is 20.9. The zero-order valence-corrected chi connectivity index (χ0v) is 21.7. The number of halogens is 1. The Kier molecular flexibility index (Phi) is 9.47. The van der Waals surface area contributed by atoms with E-state index in [0.717, 1.165) is 58.4 Å². The van der Waals surface area contributed by atoms with Crippen molar-refractivity contribution < 1.29 is 19.0 Å². The Morgan fingerprint density at radius 3 is 2.69 bits per heavy atom.